The zero-order chi connectivity index (χ0) is 25.1. The van der Waals surface area contributed by atoms with Gasteiger partial charge in [-0.3, -0.25) is 4.98 Å². The lowest BCUT2D eigenvalue weighted by Gasteiger charge is -2.13. The van der Waals surface area contributed by atoms with Gasteiger partial charge in [0.2, 0.25) is 0 Å². The van der Waals surface area contributed by atoms with E-state index in [0.717, 1.165) is 22.5 Å². The molecule has 0 aliphatic heterocycles. The summed E-state index contributed by atoms with van der Waals surface area (Å²) in [5, 5.41) is 5.01. The third-order valence-corrected chi connectivity index (χ3v) is 7.58. The van der Waals surface area contributed by atoms with Crippen LogP contribution in [-0.4, -0.2) is 14.1 Å². The first-order valence-electron chi connectivity index (χ1n) is 12.9. The Kier molecular flexibility index (Phi) is 4.52. The zero-order valence-electron chi connectivity index (χ0n) is 20.6. The number of hydrogen-bond donors (Lipinski definition) is 0. The summed E-state index contributed by atoms with van der Waals surface area (Å²) >= 11 is 0. The summed E-state index contributed by atoms with van der Waals surface area (Å²) < 4.78 is 4.86. The summed E-state index contributed by atoms with van der Waals surface area (Å²) in [6, 6.07) is 45.6. The Hall–Kier alpha value is -5.15. The van der Waals surface area contributed by atoms with Gasteiger partial charge in [-0.25, -0.2) is 0 Å². The molecule has 0 amide bonds. The van der Waals surface area contributed by atoms with Crippen molar-refractivity contribution in [2.45, 2.75) is 0 Å². The van der Waals surface area contributed by atoms with Crippen molar-refractivity contribution >= 4 is 43.6 Å². The lowest BCUT2D eigenvalue weighted by Crippen LogP contribution is -1.98. The molecule has 0 atom stereocenters. The number of aromatic nitrogens is 3. The maximum absolute atomic E-state index is 4.35. The Balaban J connectivity index is 1.57. The molecule has 0 N–H and O–H groups in total. The Labute approximate surface area is 219 Å². The van der Waals surface area contributed by atoms with E-state index in [-0.39, 0.29) is 0 Å². The van der Waals surface area contributed by atoms with Crippen molar-refractivity contribution in [1.82, 2.24) is 14.1 Å². The van der Waals surface area contributed by atoms with Crippen LogP contribution in [0.1, 0.15) is 0 Å². The van der Waals surface area contributed by atoms with Crippen LogP contribution < -0.4 is 0 Å². The van der Waals surface area contributed by atoms with Gasteiger partial charge in [-0.15, -0.1) is 0 Å². The lowest BCUT2D eigenvalue weighted by atomic mass is 10.1. The largest absolute Gasteiger partial charge is 0.307 e. The number of para-hydroxylation sites is 3. The molecule has 178 valence electrons. The van der Waals surface area contributed by atoms with Gasteiger partial charge in [0.15, 0.2) is 0 Å². The average Bonchev–Trinajstić information content (AvgIpc) is 3.51. The highest BCUT2D eigenvalue weighted by Crippen LogP contribution is 2.41. The highest BCUT2D eigenvalue weighted by molar-refractivity contribution is 6.23. The van der Waals surface area contributed by atoms with Crippen LogP contribution in [-0.2, 0) is 0 Å². The summed E-state index contributed by atoms with van der Waals surface area (Å²) in [5.74, 6) is 0. The maximum atomic E-state index is 4.35. The molecule has 0 spiro atoms. The van der Waals surface area contributed by atoms with E-state index in [1.807, 2.05) is 18.5 Å². The van der Waals surface area contributed by atoms with E-state index in [4.69, 9.17) is 0 Å². The van der Waals surface area contributed by atoms with Gasteiger partial charge >= 0.3 is 0 Å². The van der Waals surface area contributed by atoms with E-state index in [2.05, 4.69) is 135 Å². The molecule has 0 bridgehead atoms. The van der Waals surface area contributed by atoms with Crippen molar-refractivity contribution in [2.75, 3.05) is 0 Å². The Morgan fingerprint density at radius 1 is 0.421 bits per heavy atom. The van der Waals surface area contributed by atoms with E-state index in [1.54, 1.807) is 0 Å². The summed E-state index contributed by atoms with van der Waals surface area (Å²) in [4.78, 5) is 4.35. The fraction of sp³-hybridized carbons (Fsp3) is 0. The van der Waals surface area contributed by atoms with Gasteiger partial charge < -0.3 is 9.13 Å². The summed E-state index contributed by atoms with van der Waals surface area (Å²) in [6.45, 7) is 0. The topological polar surface area (TPSA) is 22.8 Å². The van der Waals surface area contributed by atoms with E-state index in [0.29, 0.717) is 0 Å². The molecule has 3 heterocycles. The van der Waals surface area contributed by atoms with Crippen molar-refractivity contribution in [3.8, 4) is 22.5 Å². The fourth-order valence-corrected chi connectivity index (χ4v) is 5.97. The second kappa shape index (κ2) is 8.19. The van der Waals surface area contributed by atoms with Crippen LogP contribution >= 0.6 is 0 Å². The molecule has 3 heteroatoms. The fourth-order valence-electron chi connectivity index (χ4n) is 5.97. The van der Waals surface area contributed by atoms with Gasteiger partial charge in [0.25, 0.3) is 0 Å². The first-order valence-corrected chi connectivity index (χ1v) is 12.9. The first-order chi connectivity index (χ1) is 18.9. The van der Waals surface area contributed by atoms with Crippen LogP contribution in [0, 0.1) is 0 Å². The molecule has 0 aliphatic rings. The highest BCUT2D eigenvalue weighted by atomic mass is 15.0. The van der Waals surface area contributed by atoms with Crippen molar-refractivity contribution in [3.05, 3.63) is 140 Å². The smallest absolute Gasteiger partial charge is 0.0788 e. The van der Waals surface area contributed by atoms with Crippen molar-refractivity contribution in [3.63, 3.8) is 0 Å². The average molecular weight is 486 g/mol. The molecule has 5 aromatic carbocycles. The predicted molar refractivity (Wildman–Crippen MR) is 158 cm³/mol. The minimum atomic E-state index is 1.11. The first kappa shape index (κ1) is 21.0. The Bertz CT molecular complexity index is 2120. The number of rotatable bonds is 3. The molecule has 3 aromatic heterocycles. The molecular weight excluding hydrogens is 462 g/mol. The third-order valence-electron chi connectivity index (χ3n) is 7.58. The van der Waals surface area contributed by atoms with Gasteiger partial charge in [-0.1, -0.05) is 84.9 Å². The van der Waals surface area contributed by atoms with Crippen molar-refractivity contribution < 1.29 is 0 Å². The zero-order valence-corrected chi connectivity index (χ0v) is 20.6. The number of pyridine rings is 1. The van der Waals surface area contributed by atoms with Crippen LogP contribution in [0.15, 0.2) is 140 Å². The van der Waals surface area contributed by atoms with Crippen LogP contribution in [0.2, 0.25) is 0 Å². The molecule has 0 fully saturated rings. The molecule has 8 aromatic rings. The van der Waals surface area contributed by atoms with E-state index >= 15 is 0 Å². The highest BCUT2D eigenvalue weighted by Gasteiger charge is 2.20. The number of benzene rings is 5. The second-order valence-electron chi connectivity index (χ2n) is 9.69. The third kappa shape index (κ3) is 2.99. The van der Waals surface area contributed by atoms with Crippen LogP contribution in [0.5, 0.6) is 0 Å². The summed E-state index contributed by atoms with van der Waals surface area (Å²) in [5.41, 5.74) is 9.40. The van der Waals surface area contributed by atoms with Crippen molar-refractivity contribution in [2.24, 2.45) is 0 Å². The van der Waals surface area contributed by atoms with E-state index < -0.39 is 0 Å². The molecular formula is C35H23N3. The molecule has 0 aliphatic carbocycles. The predicted octanol–water partition coefficient (Wildman–Crippen LogP) is 8.94. The summed E-state index contributed by atoms with van der Waals surface area (Å²) in [7, 11) is 0. The van der Waals surface area contributed by atoms with Gasteiger partial charge in [0.05, 0.1) is 22.1 Å². The molecule has 0 saturated carbocycles. The molecule has 8 rings (SSSR count). The Morgan fingerprint density at radius 3 is 1.66 bits per heavy atom. The number of nitrogens with zero attached hydrogens (tertiary/aromatic N) is 3. The number of fused-ring (bicyclic) bond motifs is 7. The molecule has 38 heavy (non-hydrogen) atoms. The number of hydrogen-bond acceptors (Lipinski definition) is 1. The monoisotopic (exact) mass is 485 g/mol. The van der Waals surface area contributed by atoms with Gasteiger partial charge in [-0.05, 0) is 48.0 Å². The summed E-state index contributed by atoms with van der Waals surface area (Å²) in [6.07, 6.45) is 3.75. The standard InChI is InChI=1S/C35H23N3/c1-2-12-26(13-3-1)37-32-17-6-4-15-28(32)30-19-20-31-29-16-5-7-18-33(29)38(35(31)34(30)37)27-14-8-10-24(22-27)25-11-9-21-36-23-25/h1-23H. The Morgan fingerprint density at radius 2 is 1.00 bits per heavy atom. The minimum Gasteiger partial charge on any atom is -0.307 e. The van der Waals surface area contributed by atoms with Crippen LogP contribution in [0.4, 0.5) is 0 Å². The van der Waals surface area contributed by atoms with Gasteiger partial charge in [0.1, 0.15) is 0 Å². The molecule has 0 saturated heterocycles. The van der Waals surface area contributed by atoms with Gasteiger partial charge in [0, 0.05) is 50.9 Å². The van der Waals surface area contributed by atoms with E-state index in [9.17, 15) is 0 Å². The quantitative estimate of drug-likeness (QED) is 0.245. The molecule has 3 nitrogen and oxygen atoms in total. The van der Waals surface area contributed by atoms with Gasteiger partial charge in [-0.2, -0.15) is 0 Å². The van der Waals surface area contributed by atoms with Crippen LogP contribution in [0.25, 0.3) is 66.1 Å². The van der Waals surface area contributed by atoms with Crippen LogP contribution in [0.3, 0.4) is 0 Å². The maximum Gasteiger partial charge on any atom is 0.0788 e. The van der Waals surface area contributed by atoms with Crippen molar-refractivity contribution in [1.29, 1.82) is 0 Å². The SMILES string of the molecule is c1ccc(-n2c3ccccc3c3ccc4c5ccccc5n(-c5cccc(-c6cccnc6)c5)c4c32)cc1. The lowest BCUT2D eigenvalue weighted by molar-refractivity contribution is 1.15. The molecule has 0 radical (unpaired) electrons. The van der Waals surface area contributed by atoms with E-state index in [1.165, 1.54) is 43.6 Å². The normalized spacial score (nSPS) is 11.7. The second-order valence-corrected chi connectivity index (χ2v) is 9.69. The molecule has 0 unspecified atom stereocenters. The minimum absolute atomic E-state index is 1.11.